The summed E-state index contributed by atoms with van der Waals surface area (Å²) in [5.74, 6) is 0.229. The molecule has 2 amide bonds. The van der Waals surface area contributed by atoms with Crippen LogP contribution in [0.2, 0.25) is 0 Å². The molecular weight excluding hydrogens is 304 g/mol. The minimum atomic E-state index is -0.346. The van der Waals surface area contributed by atoms with Crippen LogP contribution in [0.25, 0.3) is 0 Å². The molecule has 1 atom stereocenters. The largest absolute Gasteiger partial charge is 0.497 e. The van der Waals surface area contributed by atoms with E-state index in [0.29, 0.717) is 6.54 Å². The molecule has 0 saturated carbocycles. The molecule has 0 aromatic heterocycles. The first-order valence-electron chi connectivity index (χ1n) is 7.89. The molecule has 0 spiro atoms. The van der Waals surface area contributed by atoms with Crippen LogP contribution in [-0.2, 0) is 9.59 Å². The molecule has 1 aliphatic rings. The van der Waals surface area contributed by atoms with Crippen LogP contribution in [0, 0.1) is 12.8 Å². The molecule has 1 N–H and O–H groups in total. The number of benzene rings is 2. The number of carbonyl (C=O) groups excluding carboxylic acids is 2. The van der Waals surface area contributed by atoms with Crippen molar-refractivity contribution < 1.29 is 14.3 Å². The Morgan fingerprint density at radius 2 is 1.79 bits per heavy atom. The molecule has 2 aromatic carbocycles. The van der Waals surface area contributed by atoms with Crippen LogP contribution in [0.3, 0.4) is 0 Å². The van der Waals surface area contributed by atoms with Gasteiger partial charge in [0.2, 0.25) is 11.8 Å². The van der Waals surface area contributed by atoms with Crippen molar-refractivity contribution in [1.82, 2.24) is 0 Å². The van der Waals surface area contributed by atoms with Gasteiger partial charge in [0, 0.05) is 24.3 Å². The summed E-state index contributed by atoms with van der Waals surface area (Å²) in [6.07, 6.45) is 0.226. The molecule has 0 bridgehead atoms. The number of aryl methyl sites for hydroxylation is 1. The van der Waals surface area contributed by atoms with E-state index in [-0.39, 0.29) is 24.2 Å². The van der Waals surface area contributed by atoms with Crippen molar-refractivity contribution in [3.05, 3.63) is 54.1 Å². The van der Waals surface area contributed by atoms with Gasteiger partial charge in [-0.05, 0) is 43.3 Å². The van der Waals surface area contributed by atoms with E-state index in [9.17, 15) is 9.59 Å². The molecular formula is C19H20N2O3. The van der Waals surface area contributed by atoms with Gasteiger partial charge in [-0.25, -0.2) is 0 Å². The molecule has 1 fully saturated rings. The summed E-state index contributed by atoms with van der Waals surface area (Å²) < 4.78 is 5.13. The fraction of sp³-hybridized carbons (Fsp3) is 0.263. The number of rotatable bonds is 4. The monoisotopic (exact) mass is 324 g/mol. The van der Waals surface area contributed by atoms with Gasteiger partial charge in [-0.1, -0.05) is 17.7 Å². The van der Waals surface area contributed by atoms with E-state index in [2.05, 4.69) is 5.32 Å². The Kier molecular flexibility index (Phi) is 4.51. The minimum Gasteiger partial charge on any atom is -0.497 e. The third kappa shape index (κ3) is 3.40. The van der Waals surface area contributed by atoms with Gasteiger partial charge in [-0.3, -0.25) is 9.59 Å². The highest BCUT2D eigenvalue weighted by Crippen LogP contribution is 2.27. The van der Waals surface area contributed by atoms with Crippen molar-refractivity contribution in [1.29, 1.82) is 0 Å². The van der Waals surface area contributed by atoms with Gasteiger partial charge >= 0.3 is 0 Å². The predicted molar refractivity (Wildman–Crippen MR) is 93.3 cm³/mol. The zero-order valence-corrected chi connectivity index (χ0v) is 13.8. The maximum Gasteiger partial charge on any atom is 0.229 e. The van der Waals surface area contributed by atoms with Gasteiger partial charge in [-0.15, -0.1) is 0 Å². The Morgan fingerprint density at radius 1 is 1.12 bits per heavy atom. The summed E-state index contributed by atoms with van der Waals surface area (Å²) in [4.78, 5) is 26.3. The number of amides is 2. The van der Waals surface area contributed by atoms with E-state index >= 15 is 0 Å². The summed E-state index contributed by atoms with van der Waals surface area (Å²) in [6.45, 7) is 2.39. The average molecular weight is 324 g/mol. The Labute approximate surface area is 141 Å². The highest BCUT2D eigenvalue weighted by Gasteiger charge is 2.35. The number of ether oxygens (including phenoxy) is 1. The van der Waals surface area contributed by atoms with Gasteiger partial charge < -0.3 is 15.0 Å². The normalized spacial score (nSPS) is 17.0. The topological polar surface area (TPSA) is 58.6 Å². The van der Waals surface area contributed by atoms with Crippen LogP contribution in [0.15, 0.2) is 48.5 Å². The number of hydrogen-bond acceptors (Lipinski definition) is 3. The number of methoxy groups -OCH3 is 1. The van der Waals surface area contributed by atoms with Gasteiger partial charge in [0.15, 0.2) is 0 Å². The zero-order valence-electron chi connectivity index (χ0n) is 13.8. The summed E-state index contributed by atoms with van der Waals surface area (Å²) in [7, 11) is 1.60. The molecule has 0 unspecified atom stereocenters. The molecule has 5 heteroatoms. The van der Waals surface area contributed by atoms with Gasteiger partial charge in [0.25, 0.3) is 0 Å². The fourth-order valence-electron chi connectivity index (χ4n) is 2.78. The van der Waals surface area contributed by atoms with E-state index in [4.69, 9.17) is 4.74 Å². The molecule has 0 radical (unpaired) electrons. The SMILES string of the molecule is COc1ccc(N2C[C@@H](C(=O)Nc3ccc(C)cc3)CC2=O)cc1. The van der Waals surface area contributed by atoms with Crippen LogP contribution in [0.5, 0.6) is 5.75 Å². The molecule has 124 valence electrons. The van der Waals surface area contributed by atoms with E-state index in [0.717, 1.165) is 22.7 Å². The Balaban J connectivity index is 1.67. The Morgan fingerprint density at radius 3 is 2.42 bits per heavy atom. The zero-order chi connectivity index (χ0) is 17.1. The number of nitrogens with one attached hydrogen (secondary N) is 1. The van der Waals surface area contributed by atoms with Crippen molar-refractivity contribution in [2.45, 2.75) is 13.3 Å². The highest BCUT2D eigenvalue weighted by molar-refractivity contribution is 6.03. The molecule has 2 aromatic rings. The van der Waals surface area contributed by atoms with Crippen molar-refractivity contribution in [2.75, 3.05) is 23.9 Å². The lowest BCUT2D eigenvalue weighted by atomic mass is 10.1. The van der Waals surface area contributed by atoms with E-state index in [1.165, 1.54) is 0 Å². The maximum absolute atomic E-state index is 12.4. The van der Waals surface area contributed by atoms with E-state index in [1.807, 2.05) is 55.5 Å². The van der Waals surface area contributed by atoms with Crippen molar-refractivity contribution in [2.24, 2.45) is 5.92 Å². The highest BCUT2D eigenvalue weighted by atomic mass is 16.5. The van der Waals surface area contributed by atoms with Crippen molar-refractivity contribution in [3.8, 4) is 5.75 Å². The first-order chi connectivity index (χ1) is 11.6. The average Bonchev–Trinajstić information content (AvgIpc) is 2.99. The Bertz CT molecular complexity index is 738. The van der Waals surface area contributed by atoms with Crippen LogP contribution in [0.1, 0.15) is 12.0 Å². The lowest BCUT2D eigenvalue weighted by Gasteiger charge is -2.17. The van der Waals surface area contributed by atoms with Gasteiger partial charge in [-0.2, -0.15) is 0 Å². The van der Waals surface area contributed by atoms with Crippen LogP contribution in [0.4, 0.5) is 11.4 Å². The second-order valence-electron chi connectivity index (χ2n) is 5.96. The van der Waals surface area contributed by atoms with Crippen LogP contribution in [-0.4, -0.2) is 25.5 Å². The summed E-state index contributed by atoms with van der Waals surface area (Å²) in [5, 5.41) is 2.88. The second-order valence-corrected chi connectivity index (χ2v) is 5.96. The number of nitrogens with zero attached hydrogens (tertiary/aromatic N) is 1. The van der Waals surface area contributed by atoms with Crippen molar-refractivity contribution in [3.63, 3.8) is 0 Å². The van der Waals surface area contributed by atoms with E-state index in [1.54, 1.807) is 12.0 Å². The number of anilines is 2. The number of hydrogen-bond donors (Lipinski definition) is 1. The summed E-state index contributed by atoms with van der Waals surface area (Å²) in [5.41, 5.74) is 2.67. The first kappa shape index (κ1) is 16.1. The molecule has 5 nitrogen and oxygen atoms in total. The fourth-order valence-corrected chi connectivity index (χ4v) is 2.78. The lowest BCUT2D eigenvalue weighted by molar-refractivity contribution is -0.122. The van der Waals surface area contributed by atoms with Crippen LogP contribution < -0.4 is 15.0 Å². The summed E-state index contributed by atoms with van der Waals surface area (Å²) >= 11 is 0. The minimum absolute atomic E-state index is 0.0378. The molecule has 1 aliphatic heterocycles. The molecule has 0 aliphatic carbocycles. The van der Waals surface area contributed by atoms with Gasteiger partial charge in [0.1, 0.15) is 5.75 Å². The van der Waals surface area contributed by atoms with Gasteiger partial charge in [0.05, 0.1) is 13.0 Å². The second kappa shape index (κ2) is 6.74. The van der Waals surface area contributed by atoms with Crippen LogP contribution >= 0.6 is 0 Å². The predicted octanol–water partition coefficient (Wildman–Crippen LogP) is 3.00. The third-order valence-corrected chi connectivity index (χ3v) is 4.20. The molecule has 1 heterocycles. The Hall–Kier alpha value is -2.82. The first-order valence-corrected chi connectivity index (χ1v) is 7.89. The third-order valence-electron chi connectivity index (χ3n) is 4.20. The van der Waals surface area contributed by atoms with Crippen molar-refractivity contribution >= 4 is 23.2 Å². The standard InChI is InChI=1S/C19H20N2O3/c1-13-3-5-15(6-4-13)20-19(23)14-11-18(22)21(12-14)16-7-9-17(24-2)10-8-16/h3-10,14H,11-12H2,1-2H3,(H,20,23)/t14-/m0/s1. The van der Waals surface area contributed by atoms with E-state index < -0.39 is 0 Å². The lowest BCUT2D eigenvalue weighted by Crippen LogP contribution is -2.28. The quantitative estimate of drug-likeness (QED) is 0.940. The molecule has 1 saturated heterocycles. The maximum atomic E-state index is 12.4. The molecule has 3 rings (SSSR count). The summed E-state index contributed by atoms with van der Waals surface area (Å²) in [6, 6.07) is 14.9. The number of carbonyl (C=O) groups is 2. The molecule has 24 heavy (non-hydrogen) atoms. The smallest absolute Gasteiger partial charge is 0.229 e.